The molecule has 0 heterocycles. The second kappa shape index (κ2) is 11.0. The van der Waals surface area contributed by atoms with Crippen LogP contribution >= 0.6 is 0 Å². The van der Waals surface area contributed by atoms with Crippen molar-refractivity contribution in [1.82, 2.24) is 0 Å². The molecule has 0 bridgehead atoms. The molecule has 14 heavy (non-hydrogen) atoms. The quantitative estimate of drug-likeness (QED) is 0.531. The van der Waals surface area contributed by atoms with Crippen molar-refractivity contribution in [2.45, 2.75) is 39.0 Å². The van der Waals surface area contributed by atoms with E-state index in [9.17, 15) is 0 Å². The molecule has 0 fully saturated rings. The number of hydrogen-bond acceptors (Lipinski definition) is 3. The predicted molar refractivity (Wildman–Crippen MR) is 57.2 cm³/mol. The molecule has 0 amide bonds. The highest BCUT2D eigenvalue weighted by Crippen LogP contribution is 2.03. The first kappa shape index (κ1) is 13.9. The highest BCUT2D eigenvalue weighted by atomic mass is 16.5. The van der Waals surface area contributed by atoms with Crippen molar-refractivity contribution in [3.05, 3.63) is 0 Å². The van der Waals surface area contributed by atoms with Gasteiger partial charge in [-0.3, -0.25) is 0 Å². The fourth-order valence-electron chi connectivity index (χ4n) is 1.22. The molecule has 0 spiro atoms. The van der Waals surface area contributed by atoms with Crippen LogP contribution in [0.4, 0.5) is 0 Å². The van der Waals surface area contributed by atoms with Crippen molar-refractivity contribution in [3.63, 3.8) is 0 Å². The van der Waals surface area contributed by atoms with Crippen molar-refractivity contribution >= 4 is 0 Å². The summed E-state index contributed by atoms with van der Waals surface area (Å²) in [5.41, 5.74) is 0. The second-order valence-corrected chi connectivity index (χ2v) is 3.72. The van der Waals surface area contributed by atoms with Gasteiger partial charge in [-0.15, -0.1) is 0 Å². The van der Waals surface area contributed by atoms with E-state index in [0.29, 0.717) is 6.61 Å². The monoisotopic (exact) mass is 204 g/mol. The van der Waals surface area contributed by atoms with Crippen LogP contribution in [0.15, 0.2) is 0 Å². The Balaban J connectivity index is 3.04. The molecule has 0 unspecified atom stereocenters. The molecule has 0 aliphatic rings. The number of unbranched alkanes of at least 4 members (excludes halogenated alkanes) is 4. The molecule has 0 saturated heterocycles. The van der Waals surface area contributed by atoms with Crippen LogP contribution in [0, 0.1) is 5.92 Å². The van der Waals surface area contributed by atoms with E-state index in [-0.39, 0.29) is 19.1 Å². The predicted octanol–water partition coefficient (Wildman–Crippen LogP) is 1.57. The van der Waals surface area contributed by atoms with Gasteiger partial charge in [-0.2, -0.15) is 0 Å². The summed E-state index contributed by atoms with van der Waals surface area (Å²) in [6.45, 7) is 3.43. The third-order valence-corrected chi connectivity index (χ3v) is 2.26. The first-order valence-electron chi connectivity index (χ1n) is 5.64. The summed E-state index contributed by atoms with van der Waals surface area (Å²) in [5, 5.41) is 17.5. The van der Waals surface area contributed by atoms with Crippen LogP contribution in [0.25, 0.3) is 0 Å². The Bertz CT molecular complexity index is 103. The van der Waals surface area contributed by atoms with E-state index in [2.05, 4.69) is 6.92 Å². The molecule has 0 aliphatic heterocycles. The Morgan fingerprint density at radius 2 is 1.64 bits per heavy atom. The number of rotatable bonds is 10. The third kappa shape index (κ3) is 8.48. The minimum atomic E-state index is -0.106. The van der Waals surface area contributed by atoms with Gasteiger partial charge in [-0.25, -0.2) is 0 Å². The number of ether oxygens (including phenoxy) is 1. The first-order valence-corrected chi connectivity index (χ1v) is 5.64. The number of hydrogen-bond donors (Lipinski definition) is 2. The first-order chi connectivity index (χ1) is 6.85. The van der Waals surface area contributed by atoms with Gasteiger partial charge in [-0.05, 0) is 6.42 Å². The lowest BCUT2D eigenvalue weighted by Crippen LogP contribution is -2.18. The van der Waals surface area contributed by atoms with Crippen LogP contribution < -0.4 is 0 Å². The van der Waals surface area contributed by atoms with Crippen molar-refractivity contribution in [3.8, 4) is 0 Å². The maximum Gasteiger partial charge on any atom is 0.0538 e. The third-order valence-electron chi connectivity index (χ3n) is 2.26. The molecule has 2 N–H and O–H groups in total. The normalized spacial score (nSPS) is 11.1. The van der Waals surface area contributed by atoms with Gasteiger partial charge >= 0.3 is 0 Å². The molecule has 0 rings (SSSR count). The Hall–Kier alpha value is -0.120. The van der Waals surface area contributed by atoms with Crippen LogP contribution in [0.5, 0.6) is 0 Å². The number of aliphatic hydroxyl groups excluding tert-OH is 2. The second-order valence-electron chi connectivity index (χ2n) is 3.72. The topological polar surface area (TPSA) is 49.7 Å². The van der Waals surface area contributed by atoms with Gasteiger partial charge < -0.3 is 14.9 Å². The Morgan fingerprint density at radius 1 is 1.00 bits per heavy atom. The van der Waals surface area contributed by atoms with E-state index in [4.69, 9.17) is 14.9 Å². The van der Waals surface area contributed by atoms with E-state index in [1.807, 2.05) is 0 Å². The van der Waals surface area contributed by atoms with E-state index >= 15 is 0 Å². The summed E-state index contributed by atoms with van der Waals surface area (Å²) in [6.07, 6.45) is 6.15. The van der Waals surface area contributed by atoms with E-state index in [0.717, 1.165) is 13.0 Å². The highest BCUT2D eigenvalue weighted by molar-refractivity contribution is 4.52. The van der Waals surface area contributed by atoms with Crippen LogP contribution in [0.2, 0.25) is 0 Å². The average Bonchev–Trinajstić information content (AvgIpc) is 2.22. The summed E-state index contributed by atoms with van der Waals surface area (Å²) in [5.74, 6) is -0.106. The SMILES string of the molecule is CCCCCCCOCC(CO)CO. The lowest BCUT2D eigenvalue weighted by molar-refractivity contribution is 0.0435. The molecular weight excluding hydrogens is 180 g/mol. The van der Waals surface area contributed by atoms with Crippen LogP contribution in [-0.4, -0.2) is 36.6 Å². The van der Waals surface area contributed by atoms with Crippen molar-refractivity contribution in [1.29, 1.82) is 0 Å². The molecule has 0 aromatic carbocycles. The minimum absolute atomic E-state index is 0.00628. The van der Waals surface area contributed by atoms with E-state index in [1.165, 1.54) is 25.7 Å². The summed E-state index contributed by atoms with van der Waals surface area (Å²) >= 11 is 0. The van der Waals surface area contributed by atoms with Crippen molar-refractivity contribution in [2.75, 3.05) is 26.4 Å². The zero-order valence-electron chi connectivity index (χ0n) is 9.24. The number of aliphatic hydroxyl groups is 2. The Labute approximate surface area is 87.1 Å². The smallest absolute Gasteiger partial charge is 0.0538 e. The summed E-state index contributed by atoms with van der Waals surface area (Å²) in [7, 11) is 0. The summed E-state index contributed by atoms with van der Waals surface area (Å²) in [4.78, 5) is 0. The van der Waals surface area contributed by atoms with Gasteiger partial charge in [0.15, 0.2) is 0 Å². The van der Waals surface area contributed by atoms with Gasteiger partial charge in [0.1, 0.15) is 0 Å². The molecule has 0 aromatic rings. The Kier molecular flexibility index (Phi) is 10.9. The standard InChI is InChI=1S/C11H24O3/c1-2-3-4-5-6-7-14-10-11(8-12)9-13/h11-13H,2-10H2,1H3. The van der Waals surface area contributed by atoms with E-state index in [1.54, 1.807) is 0 Å². The Morgan fingerprint density at radius 3 is 2.21 bits per heavy atom. The summed E-state index contributed by atoms with van der Waals surface area (Å²) < 4.78 is 5.34. The minimum Gasteiger partial charge on any atom is -0.396 e. The molecule has 0 atom stereocenters. The zero-order chi connectivity index (χ0) is 10.6. The van der Waals surface area contributed by atoms with Crippen LogP contribution in [-0.2, 0) is 4.74 Å². The zero-order valence-corrected chi connectivity index (χ0v) is 9.24. The molecule has 0 aromatic heterocycles. The molecule has 3 nitrogen and oxygen atoms in total. The fraction of sp³-hybridized carbons (Fsp3) is 1.00. The fourth-order valence-corrected chi connectivity index (χ4v) is 1.22. The highest BCUT2D eigenvalue weighted by Gasteiger charge is 2.04. The van der Waals surface area contributed by atoms with Gasteiger partial charge in [0.2, 0.25) is 0 Å². The van der Waals surface area contributed by atoms with Crippen LogP contribution in [0.1, 0.15) is 39.0 Å². The molecule has 0 radical (unpaired) electrons. The maximum absolute atomic E-state index is 8.76. The molecule has 3 heteroatoms. The average molecular weight is 204 g/mol. The maximum atomic E-state index is 8.76. The largest absolute Gasteiger partial charge is 0.396 e. The van der Waals surface area contributed by atoms with Crippen molar-refractivity contribution < 1.29 is 14.9 Å². The van der Waals surface area contributed by atoms with Gasteiger partial charge in [0.05, 0.1) is 19.8 Å². The van der Waals surface area contributed by atoms with Gasteiger partial charge in [-0.1, -0.05) is 32.6 Å². The van der Waals surface area contributed by atoms with E-state index < -0.39 is 0 Å². The molecule has 86 valence electrons. The molecule has 0 aliphatic carbocycles. The van der Waals surface area contributed by atoms with Crippen molar-refractivity contribution in [2.24, 2.45) is 5.92 Å². The van der Waals surface area contributed by atoms with Gasteiger partial charge in [0.25, 0.3) is 0 Å². The lowest BCUT2D eigenvalue weighted by atomic mass is 10.1. The summed E-state index contributed by atoms with van der Waals surface area (Å²) in [6, 6.07) is 0. The van der Waals surface area contributed by atoms with Gasteiger partial charge in [0, 0.05) is 12.5 Å². The molecule has 0 saturated carbocycles. The van der Waals surface area contributed by atoms with Crippen LogP contribution in [0.3, 0.4) is 0 Å². The molecular formula is C11H24O3. The lowest BCUT2D eigenvalue weighted by Gasteiger charge is -2.10.